The van der Waals surface area contributed by atoms with E-state index < -0.39 is 0 Å². The second kappa shape index (κ2) is 11.0. The molecular formula is C26H32N4O3. The van der Waals surface area contributed by atoms with Gasteiger partial charge in [-0.05, 0) is 67.6 Å². The highest BCUT2D eigenvalue weighted by Gasteiger charge is 2.16. The lowest BCUT2D eigenvalue weighted by Gasteiger charge is -2.13. The zero-order valence-corrected chi connectivity index (χ0v) is 19.1. The Kier molecular flexibility index (Phi) is 7.62. The van der Waals surface area contributed by atoms with Crippen LogP contribution in [0.1, 0.15) is 44.6 Å². The van der Waals surface area contributed by atoms with Crippen molar-refractivity contribution >= 4 is 5.91 Å². The van der Waals surface area contributed by atoms with E-state index in [0.717, 1.165) is 35.5 Å². The summed E-state index contributed by atoms with van der Waals surface area (Å²) in [4.78, 5) is 24.2. The van der Waals surface area contributed by atoms with Crippen molar-refractivity contribution in [1.29, 1.82) is 0 Å². The molecule has 1 aromatic heterocycles. The first-order valence-electron chi connectivity index (χ1n) is 11.8. The second-order valence-electron chi connectivity index (χ2n) is 8.39. The fourth-order valence-electron chi connectivity index (χ4n) is 4.08. The van der Waals surface area contributed by atoms with Crippen LogP contribution < -0.4 is 21.1 Å². The maximum Gasteiger partial charge on any atom is 0.337 e. The summed E-state index contributed by atoms with van der Waals surface area (Å²) in [7, 11) is 0. The van der Waals surface area contributed by atoms with Gasteiger partial charge in [-0.15, -0.1) is 0 Å². The van der Waals surface area contributed by atoms with Gasteiger partial charge in [0.1, 0.15) is 5.75 Å². The molecule has 0 saturated heterocycles. The zero-order valence-electron chi connectivity index (χ0n) is 19.1. The molecule has 7 nitrogen and oxygen atoms in total. The number of imidazole rings is 1. The van der Waals surface area contributed by atoms with Crippen LogP contribution in [-0.4, -0.2) is 34.2 Å². The van der Waals surface area contributed by atoms with E-state index in [1.54, 1.807) is 21.5 Å². The number of ether oxygens (including phenoxy) is 1. The van der Waals surface area contributed by atoms with Crippen molar-refractivity contribution in [1.82, 2.24) is 19.8 Å². The van der Waals surface area contributed by atoms with Gasteiger partial charge in [-0.25, -0.2) is 4.79 Å². The Morgan fingerprint density at radius 1 is 0.939 bits per heavy atom. The Labute approximate surface area is 194 Å². The molecule has 0 atom stereocenters. The average molecular weight is 449 g/mol. The standard InChI is InChI=1S/C26H32N4O3/c1-2-25(31)28-16-15-27-19-20-7-9-21(10-8-20)29-17-18-30(26(29)32)22-11-13-24(14-12-22)33-23-5-3-4-6-23/h7-14,17-18,23,27H,2-6,15-16,19H2,1H3,(H,28,31). The van der Waals surface area contributed by atoms with Crippen LogP contribution in [0.25, 0.3) is 11.4 Å². The molecule has 1 aliphatic rings. The molecule has 4 rings (SSSR count). The first-order valence-corrected chi connectivity index (χ1v) is 11.8. The molecule has 0 unspecified atom stereocenters. The summed E-state index contributed by atoms with van der Waals surface area (Å²) in [6.45, 7) is 3.86. The summed E-state index contributed by atoms with van der Waals surface area (Å²) in [6.07, 6.45) is 9.11. The first kappa shape index (κ1) is 22.9. The molecular weight excluding hydrogens is 416 g/mol. The lowest BCUT2D eigenvalue weighted by molar-refractivity contribution is -0.120. The number of amides is 1. The van der Waals surface area contributed by atoms with Gasteiger partial charge in [0.15, 0.2) is 0 Å². The molecule has 2 aromatic carbocycles. The number of nitrogens with one attached hydrogen (secondary N) is 2. The number of rotatable bonds is 10. The topological polar surface area (TPSA) is 77.3 Å². The molecule has 33 heavy (non-hydrogen) atoms. The molecule has 1 aliphatic carbocycles. The number of hydrogen-bond donors (Lipinski definition) is 2. The smallest absolute Gasteiger partial charge is 0.337 e. The van der Waals surface area contributed by atoms with Gasteiger partial charge in [0.25, 0.3) is 0 Å². The molecule has 3 aromatic rings. The fourth-order valence-corrected chi connectivity index (χ4v) is 4.08. The molecule has 1 heterocycles. The molecule has 0 aliphatic heterocycles. The normalized spacial score (nSPS) is 13.8. The molecule has 1 fully saturated rings. The van der Waals surface area contributed by atoms with Crippen molar-refractivity contribution < 1.29 is 9.53 Å². The number of carbonyl (C=O) groups excluding carboxylic acids is 1. The van der Waals surface area contributed by atoms with E-state index in [2.05, 4.69) is 10.6 Å². The number of carbonyl (C=O) groups is 1. The molecule has 1 saturated carbocycles. The van der Waals surface area contributed by atoms with E-state index in [9.17, 15) is 9.59 Å². The van der Waals surface area contributed by atoms with Gasteiger partial charge in [-0.3, -0.25) is 13.9 Å². The highest BCUT2D eigenvalue weighted by atomic mass is 16.5. The van der Waals surface area contributed by atoms with E-state index in [-0.39, 0.29) is 11.6 Å². The van der Waals surface area contributed by atoms with Crippen LogP contribution in [0.5, 0.6) is 5.75 Å². The molecule has 174 valence electrons. The van der Waals surface area contributed by atoms with Crippen molar-refractivity contribution in [2.45, 2.75) is 51.7 Å². The Morgan fingerprint density at radius 3 is 2.15 bits per heavy atom. The minimum atomic E-state index is -0.114. The second-order valence-corrected chi connectivity index (χ2v) is 8.39. The Morgan fingerprint density at radius 2 is 1.55 bits per heavy atom. The van der Waals surface area contributed by atoms with Crippen LogP contribution in [0.2, 0.25) is 0 Å². The highest BCUT2D eigenvalue weighted by molar-refractivity contribution is 5.75. The van der Waals surface area contributed by atoms with Gasteiger partial charge in [0.05, 0.1) is 17.5 Å². The lowest BCUT2D eigenvalue weighted by atomic mass is 10.2. The third-order valence-corrected chi connectivity index (χ3v) is 5.99. The van der Waals surface area contributed by atoms with Crippen LogP contribution in [0.4, 0.5) is 0 Å². The predicted molar refractivity (Wildman–Crippen MR) is 129 cm³/mol. The van der Waals surface area contributed by atoms with Crippen LogP contribution in [-0.2, 0) is 11.3 Å². The van der Waals surface area contributed by atoms with E-state index in [4.69, 9.17) is 4.74 Å². The summed E-state index contributed by atoms with van der Waals surface area (Å²) < 4.78 is 9.30. The van der Waals surface area contributed by atoms with Crippen LogP contribution in [0.3, 0.4) is 0 Å². The Hall–Kier alpha value is -3.32. The summed E-state index contributed by atoms with van der Waals surface area (Å²) in [5, 5.41) is 6.15. The minimum absolute atomic E-state index is 0.0619. The predicted octanol–water partition coefficient (Wildman–Crippen LogP) is 3.57. The Balaban J connectivity index is 1.35. The first-order chi connectivity index (χ1) is 16.1. The zero-order chi connectivity index (χ0) is 23.0. The number of nitrogens with zero attached hydrogens (tertiary/aromatic N) is 2. The van der Waals surface area contributed by atoms with E-state index in [1.165, 1.54) is 12.8 Å². The highest BCUT2D eigenvalue weighted by Crippen LogP contribution is 2.24. The van der Waals surface area contributed by atoms with Crippen LogP contribution >= 0.6 is 0 Å². The van der Waals surface area contributed by atoms with Gasteiger partial charge < -0.3 is 15.4 Å². The molecule has 0 spiro atoms. The molecule has 2 N–H and O–H groups in total. The monoisotopic (exact) mass is 448 g/mol. The van der Waals surface area contributed by atoms with Crippen molar-refractivity contribution in [2.75, 3.05) is 13.1 Å². The number of hydrogen-bond acceptors (Lipinski definition) is 4. The number of benzene rings is 2. The maximum absolute atomic E-state index is 13.0. The van der Waals surface area contributed by atoms with Gasteiger partial charge >= 0.3 is 5.69 Å². The molecule has 0 bridgehead atoms. The largest absolute Gasteiger partial charge is 0.490 e. The van der Waals surface area contributed by atoms with Crippen LogP contribution in [0, 0.1) is 0 Å². The van der Waals surface area contributed by atoms with Crippen molar-refractivity contribution in [2.24, 2.45) is 0 Å². The van der Waals surface area contributed by atoms with Crippen LogP contribution in [0.15, 0.2) is 65.7 Å². The minimum Gasteiger partial charge on any atom is -0.490 e. The average Bonchev–Trinajstić information content (AvgIpc) is 3.49. The molecule has 7 heteroatoms. The summed E-state index contributed by atoms with van der Waals surface area (Å²) in [6, 6.07) is 15.6. The van der Waals surface area contributed by atoms with Crippen molar-refractivity contribution in [3.8, 4) is 17.1 Å². The quantitative estimate of drug-likeness (QED) is 0.465. The van der Waals surface area contributed by atoms with E-state index >= 15 is 0 Å². The van der Waals surface area contributed by atoms with Gasteiger partial charge in [-0.2, -0.15) is 0 Å². The number of aromatic nitrogens is 2. The van der Waals surface area contributed by atoms with Crippen molar-refractivity contribution in [3.05, 3.63) is 77.0 Å². The lowest BCUT2D eigenvalue weighted by Crippen LogP contribution is -2.31. The molecule has 0 radical (unpaired) electrons. The third kappa shape index (κ3) is 5.93. The van der Waals surface area contributed by atoms with Gasteiger partial charge in [0, 0.05) is 38.4 Å². The third-order valence-electron chi connectivity index (χ3n) is 5.99. The summed E-state index contributed by atoms with van der Waals surface area (Å²) in [5.74, 6) is 0.918. The fraction of sp³-hybridized carbons (Fsp3) is 0.385. The summed E-state index contributed by atoms with van der Waals surface area (Å²) in [5.41, 5.74) is 2.63. The molecule has 1 amide bonds. The maximum atomic E-state index is 13.0. The van der Waals surface area contributed by atoms with E-state index in [0.29, 0.717) is 32.2 Å². The Bertz CT molecular complexity index is 1090. The van der Waals surface area contributed by atoms with Gasteiger partial charge in [0.2, 0.25) is 5.91 Å². The van der Waals surface area contributed by atoms with E-state index in [1.807, 2.05) is 55.5 Å². The summed E-state index contributed by atoms with van der Waals surface area (Å²) >= 11 is 0. The van der Waals surface area contributed by atoms with Crippen molar-refractivity contribution in [3.63, 3.8) is 0 Å². The van der Waals surface area contributed by atoms with Gasteiger partial charge in [-0.1, -0.05) is 19.1 Å². The SMILES string of the molecule is CCC(=O)NCCNCc1ccc(-n2ccn(-c3ccc(OC4CCCC4)cc3)c2=O)cc1.